The molecule has 1 heterocycles. The van der Waals surface area contributed by atoms with Crippen LogP contribution in [0.1, 0.15) is 75.2 Å². The Kier molecular flexibility index (Phi) is 11.8. The van der Waals surface area contributed by atoms with Crippen LogP contribution in [-0.2, 0) is 9.53 Å². The molecule has 2 rings (SSSR count). The summed E-state index contributed by atoms with van der Waals surface area (Å²) in [5, 5.41) is 5.84. The minimum Gasteiger partial charge on any atom is -0.464 e. The minimum absolute atomic E-state index is 0.0923. The molecular weight excluding hydrogens is 390 g/mol. The number of hydrogen-bond acceptors (Lipinski definition) is 5. The van der Waals surface area contributed by atoms with E-state index in [9.17, 15) is 9.59 Å². The Hall–Kier alpha value is -2.89. The van der Waals surface area contributed by atoms with E-state index in [4.69, 9.17) is 4.74 Å². The molecule has 1 aromatic carbocycles. The first kappa shape index (κ1) is 24.4. The van der Waals surface area contributed by atoms with Gasteiger partial charge in [0, 0.05) is 17.6 Å². The van der Waals surface area contributed by atoms with Gasteiger partial charge >= 0.3 is 5.97 Å². The zero-order chi connectivity index (χ0) is 22.2. The van der Waals surface area contributed by atoms with Crippen LogP contribution in [0.15, 0.2) is 48.7 Å². The summed E-state index contributed by atoms with van der Waals surface area (Å²) < 4.78 is 5.30. The van der Waals surface area contributed by atoms with Crippen molar-refractivity contribution < 1.29 is 14.3 Å². The van der Waals surface area contributed by atoms with E-state index in [0.717, 1.165) is 18.5 Å². The van der Waals surface area contributed by atoms with Crippen LogP contribution in [0.4, 0.5) is 11.4 Å². The fraction of sp³-hybridized carbons (Fsp3) is 0.480. The van der Waals surface area contributed by atoms with Crippen molar-refractivity contribution in [2.24, 2.45) is 0 Å². The van der Waals surface area contributed by atoms with Gasteiger partial charge in [0.05, 0.1) is 6.61 Å². The molecule has 0 atom stereocenters. The molecule has 0 saturated carbocycles. The number of ether oxygens (including phenoxy) is 1. The van der Waals surface area contributed by atoms with Crippen LogP contribution in [0.5, 0.6) is 0 Å². The van der Waals surface area contributed by atoms with E-state index < -0.39 is 0 Å². The summed E-state index contributed by atoms with van der Waals surface area (Å²) in [6.07, 6.45) is 12.7. The number of aromatic nitrogens is 1. The number of carbonyl (C=O) groups excluding carboxylic acids is 2. The van der Waals surface area contributed by atoms with Crippen molar-refractivity contribution in [2.75, 3.05) is 23.8 Å². The van der Waals surface area contributed by atoms with Crippen LogP contribution < -0.4 is 10.6 Å². The molecule has 6 nitrogen and oxygen atoms in total. The molecule has 0 radical (unpaired) electrons. The SMILES string of the molecule is CCCCCCCCCCCOC(=O)CNc1cccc(NC(=O)c2ccccn2)c1. The number of nitrogens with zero attached hydrogens (tertiary/aromatic N) is 1. The topological polar surface area (TPSA) is 80.3 Å². The first-order valence-corrected chi connectivity index (χ1v) is 11.4. The van der Waals surface area contributed by atoms with Gasteiger partial charge in [-0.05, 0) is 36.8 Å². The first-order chi connectivity index (χ1) is 15.2. The van der Waals surface area contributed by atoms with Gasteiger partial charge in [0.15, 0.2) is 0 Å². The van der Waals surface area contributed by atoms with E-state index in [1.807, 2.05) is 12.1 Å². The average Bonchev–Trinajstić information content (AvgIpc) is 2.80. The fourth-order valence-electron chi connectivity index (χ4n) is 3.22. The van der Waals surface area contributed by atoms with Crippen molar-refractivity contribution in [2.45, 2.75) is 64.7 Å². The zero-order valence-electron chi connectivity index (χ0n) is 18.6. The van der Waals surface area contributed by atoms with Gasteiger partial charge in [-0.15, -0.1) is 0 Å². The van der Waals surface area contributed by atoms with E-state index in [2.05, 4.69) is 22.5 Å². The Balaban J connectivity index is 1.58. The zero-order valence-corrected chi connectivity index (χ0v) is 18.6. The van der Waals surface area contributed by atoms with Gasteiger partial charge in [0.25, 0.3) is 5.91 Å². The molecule has 31 heavy (non-hydrogen) atoms. The molecule has 0 bridgehead atoms. The van der Waals surface area contributed by atoms with Crippen molar-refractivity contribution in [3.63, 3.8) is 0 Å². The summed E-state index contributed by atoms with van der Waals surface area (Å²) >= 11 is 0. The van der Waals surface area contributed by atoms with Gasteiger partial charge in [-0.25, -0.2) is 0 Å². The molecule has 0 aliphatic rings. The Morgan fingerprint density at radius 1 is 0.871 bits per heavy atom. The molecule has 2 aromatic rings. The van der Waals surface area contributed by atoms with Crippen molar-refractivity contribution in [3.05, 3.63) is 54.4 Å². The van der Waals surface area contributed by atoms with Gasteiger partial charge in [0.2, 0.25) is 0 Å². The number of pyridine rings is 1. The second-order valence-electron chi connectivity index (χ2n) is 7.65. The van der Waals surface area contributed by atoms with E-state index in [-0.39, 0.29) is 18.4 Å². The predicted octanol–water partition coefficient (Wildman–Crippen LogP) is 5.82. The van der Waals surface area contributed by atoms with Gasteiger partial charge in [-0.1, -0.05) is 70.4 Å². The van der Waals surface area contributed by atoms with Crippen molar-refractivity contribution in [1.82, 2.24) is 4.98 Å². The fourth-order valence-corrected chi connectivity index (χ4v) is 3.22. The normalized spacial score (nSPS) is 10.5. The molecular formula is C25H35N3O3. The lowest BCUT2D eigenvalue weighted by Crippen LogP contribution is -2.18. The largest absolute Gasteiger partial charge is 0.464 e. The van der Waals surface area contributed by atoms with Crippen LogP contribution in [-0.4, -0.2) is 30.0 Å². The Bertz CT molecular complexity index is 781. The van der Waals surface area contributed by atoms with Gasteiger partial charge in [-0.3, -0.25) is 14.6 Å². The lowest BCUT2D eigenvalue weighted by atomic mass is 10.1. The molecule has 0 unspecified atom stereocenters. The standard InChI is InChI=1S/C25H35N3O3/c1-2-3-4-5-6-7-8-9-12-18-31-24(29)20-27-21-14-13-15-22(19-21)28-25(30)23-16-10-11-17-26-23/h10-11,13-17,19,27H,2-9,12,18,20H2,1H3,(H,28,30). The summed E-state index contributed by atoms with van der Waals surface area (Å²) in [5.41, 5.74) is 1.71. The highest BCUT2D eigenvalue weighted by Crippen LogP contribution is 2.16. The summed E-state index contributed by atoms with van der Waals surface area (Å²) in [6.45, 7) is 2.80. The van der Waals surface area contributed by atoms with E-state index in [1.165, 1.54) is 44.9 Å². The number of esters is 1. The third kappa shape index (κ3) is 10.6. The highest BCUT2D eigenvalue weighted by atomic mass is 16.5. The van der Waals surface area contributed by atoms with Gasteiger partial charge in [0.1, 0.15) is 12.2 Å². The second kappa shape index (κ2) is 15.0. The number of anilines is 2. The molecule has 6 heteroatoms. The van der Waals surface area contributed by atoms with Crippen molar-refractivity contribution in [3.8, 4) is 0 Å². The molecule has 168 valence electrons. The van der Waals surface area contributed by atoms with Crippen LogP contribution in [0.3, 0.4) is 0 Å². The third-order valence-corrected chi connectivity index (χ3v) is 4.97. The molecule has 1 amide bonds. The molecule has 0 fully saturated rings. The Morgan fingerprint density at radius 3 is 2.29 bits per heavy atom. The Morgan fingerprint density at radius 2 is 1.58 bits per heavy atom. The highest BCUT2D eigenvalue weighted by molar-refractivity contribution is 6.03. The van der Waals surface area contributed by atoms with Gasteiger partial charge in [-0.2, -0.15) is 0 Å². The molecule has 0 aliphatic carbocycles. The molecule has 0 aliphatic heterocycles. The number of unbranched alkanes of at least 4 members (excludes halogenated alkanes) is 8. The molecule has 2 N–H and O–H groups in total. The lowest BCUT2D eigenvalue weighted by molar-refractivity contribution is -0.141. The smallest absolute Gasteiger partial charge is 0.325 e. The van der Waals surface area contributed by atoms with Crippen molar-refractivity contribution >= 4 is 23.3 Å². The maximum absolute atomic E-state index is 12.2. The maximum atomic E-state index is 12.2. The maximum Gasteiger partial charge on any atom is 0.325 e. The molecule has 0 saturated heterocycles. The number of carbonyl (C=O) groups is 2. The lowest BCUT2D eigenvalue weighted by Gasteiger charge is -2.10. The van der Waals surface area contributed by atoms with Crippen molar-refractivity contribution in [1.29, 1.82) is 0 Å². The summed E-state index contributed by atoms with van der Waals surface area (Å²) in [7, 11) is 0. The Labute approximate surface area is 185 Å². The van der Waals surface area contributed by atoms with Crippen LogP contribution in [0.2, 0.25) is 0 Å². The molecule has 1 aromatic heterocycles. The second-order valence-corrected chi connectivity index (χ2v) is 7.65. The van der Waals surface area contributed by atoms with E-state index in [0.29, 0.717) is 18.0 Å². The summed E-state index contributed by atoms with van der Waals surface area (Å²) in [5.74, 6) is -0.555. The van der Waals surface area contributed by atoms with E-state index >= 15 is 0 Å². The number of amides is 1. The summed E-state index contributed by atoms with van der Waals surface area (Å²) in [6, 6.07) is 12.4. The number of benzene rings is 1. The van der Waals surface area contributed by atoms with Gasteiger partial charge < -0.3 is 15.4 Å². The van der Waals surface area contributed by atoms with E-state index in [1.54, 1.807) is 36.5 Å². The highest BCUT2D eigenvalue weighted by Gasteiger charge is 2.08. The average molecular weight is 426 g/mol. The minimum atomic E-state index is -0.280. The summed E-state index contributed by atoms with van der Waals surface area (Å²) in [4.78, 5) is 28.2. The number of hydrogen-bond donors (Lipinski definition) is 2. The monoisotopic (exact) mass is 425 g/mol. The molecule has 0 spiro atoms. The first-order valence-electron chi connectivity index (χ1n) is 11.4. The predicted molar refractivity (Wildman–Crippen MR) is 125 cm³/mol. The number of rotatable bonds is 15. The van der Waals surface area contributed by atoms with Crippen LogP contribution in [0.25, 0.3) is 0 Å². The quantitative estimate of drug-likeness (QED) is 0.278. The van der Waals surface area contributed by atoms with Crippen LogP contribution in [0, 0.1) is 0 Å². The number of nitrogens with one attached hydrogen (secondary N) is 2. The van der Waals surface area contributed by atoms with Crippen LogP contribution >= 0.6 is 0 Å². The third-order valence-electron chi connectivity index (χ3n) is 4.97.